The topological polar surface area (TPSA) is 58.6 Å². The highest BCUT2D eigenvalue weighted by molar-refractivity contribution is 5.77. The number of fused-ring (bicyclic) bond motifs is 1. The second-order valence-electron chi connectivity index (χ2n) is 7.77. The molecule has 2 atom stereocenters. The van der Waals surface area contributed by atoms with Crippen LogP contribution in [-0.2, 0) is 14.9 Å². The third kappa shape index (κ3) is 3.12. The van der Waals surface area contributed by atoms with Crippen LogP contribution in [0.1, 0.15) is 45.6 Å². The minimum Gasteiger partial charge on any atom is -0.444 e. The Kier molecular flexibility index (Phi) is 4.28. The molecule has 0 aromatic heterocycles. The monoisotopic (exact) mass is 330 g/mol. The van der Waals surface area contributed by atoms with Crippen LogP contribution >= 0.6 is 0 Å². The summed E-state index contributed by atoms with van der Waals surface area (Å²) in [5.74, 6) is 0.0591. The number of carbonyl (C=O) groups is 2. The fraction of sp³-hybridized carbons (Fsp3) is 0.579. The Labute approximate surface area is 143 Å². The minimum absolute atomic E-state index is 0.0591. The van der Waals surface area contributed by atoms with Crippen LogP contribution in [0, 0.1) is 0 Å². The summed E-state index contributed by atoms with van der Waals surface area (Å²) < 4.78 is 5.59. The van der Waals surface area contributed by atoms with Gasteiger partial charge >= 0.3 is 6.09 Å². The molecule has 0 saturated carbocycles. The highest BCUT2D eigenvalue weighted by Crippen LogP contribution is 2.45. The maximum absolute atomic E-state index is 12.7. The second-order valence-corrected chi connectivity index (χ2v) is 7.77. The number of carbonyl (C=O) groups excluding carboxylic acids is 2. The molecule has 1 aromatic rings. The zero-order valence-corrected chi connectivity index (χ0v) is 14.7. The Bertz CT molecular complexity index is 623. The van der Waals surface area contributed by atoms with Crippen molar-refractivity contribution in [3.63, 3.8) is 0 Å². The van der Waals surface area contributed by atoms with E-state index in [9.17, 15) is 9.59 Å². The van der Waals surface area contributed by atoms with Crippen LogP contribution in [0.5, 0.6) is 0 Å². The summed E-state index contributed by atoms with van der Waals surface area (Å²) in [5.41, 5.74) is 0.498. The first-order valence-corrected chi connectivity index (χ1v) is 8.64. The minimum atomic E-state index is -0.525. The molecule has 2 amide bonds. The van der Waals surface area contributed by atoms with Gasteiger partial charge in [0.15, 0.2) is 0 Å². The SMILES string of the molecule is CC(C)(C)OC(=O)N1CC[C@@]2(c3ccccc3)CCC(=O)NC[C@@H]12. The van der Waals surface area contributed by atoms with Crippen molar-refractivity contribution < 1.29 is 14.3 Å². The van der Waals surface area contributed by atoms with Gasteiger partial charge in [0.1, 0.15) is 5.60 Å². The van der Waals surface area contributed by atoms with Gasteiger partial charge in [-0.1, -0.05) is 30.3 Å². The number of likely N-dealkylation sites (tertiary alicyclic amines) is 1. The molecule has 0 aliphatic carbocycles. The van der Waals surface area contributed by atoms with Crippen LogP contribution in [0.2, 0.25) is 0 Å². The predicted octanol–water partition coefficient (Wildman–Crippen LogP) is 2.84. The van der Waals surface area contributed by atoms with Crippen LogP contribution in [0.25, 0.3) is 0 Å². The van der Waals surface area contributed by atoms with Gasteiger partial charge in [-0.3, -0.25) is 4.79 Å². The van der Waals surface area contributed by atoms with E-state index in [4.69, 9.17) is 4.74 Å². The molecule has 130 valence electrons. The number of hydrogen-bond acceptors (Lipinski definition) is 3. The molecule has 0 spiro atoms. The number of hydrogen-bond donors (Lipinski definition) is 1. The number of ether oxygens (including phenoxy) is 1. The lowest BCUT2D eigenvalue weighted by Gasteiger charge is -2.37. The molecule has 5 heteroatoms. The summed E-state index contributed by atoms with van der Waals surface area (Å²) in [6.07, 6.45) is 1.82. The van der Waals surface area contributed by atoms with Crippen molar-refractivity contribution in [2.24, 2.45) is 0 Å². The number of nitrogens with one attached hydrogen (secondary N) is 1. The van der Waals surface area contributed by atoms with Gasteiger partial charge in [0.25, 0.3) is 0 Å². The Morgan fingerprint density at radius 2 is 1.96 bits per heavy atom. The van der Waals surface area contributed by atoms with Gasteiger partial charge < -0.3 is 15.0 Å². The fourth-order valence-corrected chi connectivity index (χ4v) is 3.96. The molecule has 0 bridgehead atoms. The van der Waals surface area contributed by atoms with Gasteiger partial charge in [0, 0.05) is 24.9 Å². The molecule has 0 radical (unpaired) electrons. The standard InChI is InChI=1S/C19H26N2O3/c1-18(2,3)24-17(23)21-12-11-19(14-7-5-4-6-8-14)10-9-16(22)20-13-15(19)21/h4-8,15H,9-13H2,1-3H3,(H,20,22)/t15-,19-/m1/s1. The van der Waals surface area contributed by atoms with Crippen molar-refractivity contribution in [3.8, 4) is 0 Å². The van der Waals surface area contributed by atoms with E-state index in [1.807, 2.05) is 43.9 Å². The van der Waals surface area contributed by atoms with Gasteiger partial charge in [0.2, 0.25) is 5.91 Å². The van der Waals surface area contributed by atoms with Crippen LogP contribution in [0.15, 0.2) is 30.3 Å². The number of nitrogens with zero attached hydrogens (tertiary/aromatic N) is 1. The van der Waals surface area contributed by atoms with Gasteiger partial charge in [-0.2, -0.15) is 0 Å². The van der Waals surface area contributed by atoms with E-state index in [-0.39, 0.29) is 23.5 Å². The molecule has 2 heterocycles. The van der Waals surface area contributed by atoms with Crippen molar-refractivity contribution in [1.29, 1.82) is 0 Å². The maximum atomic E-state index is 12.7. The van der Waals surface area contributed by atoms with Crippen LogP contribution < -0.4 is 5.32 Å². The molecular weight excluding hydrogens is 304 g/mol. The normalized spacial score (nSPS) is 27.2. The number of benzene rings is 1. The molecule has 1 N–H and O–H groups in total. The Morgan fingerprint density at radius 3 is 2.62 bits per heavy atom. The van der Waals surface area contributed by atoms with Crippen LogP contribution in [-0.4, -0.2) is 41.6 Å². The summed E-state index contributed by atoms with van der Waals surface area (Å²) in [6.45, 7) is 6.76. The van der Waals surface area contributed by atoms with E-state index in [1.54, 1.807) is 0 Å². The third-order valence-electron chi connectivity index (χ3n) is 5.08. The summed E-state index contributed by atoms with van der Waals surface area (Å²) in [7, 11) is 0. The maximum Gasteiger partial charge on any atom is 0.410 e. The molecule has 5 nitrogen and oxygen atoms in total. The van der Waals surface area contributed by atoms with Gasteiger partial charge in [-0.05, 0) is 39.2 Å². The first kappa shape index (κ1) is 16.8. The Balaban J connectivity index is 1.94. The van der Waals surface area contributed by atoms with E-state index in [0.717, 1.165) is 12.8 Å². The average Bonchev–Trinajstić information content (AvgIpc) is 2.82. The highest BCUT2D eigenvalue weighted by atomic mass is 16.6. The molecule has 2 saturated heterocycles. The molecule has 0 unspecified atom stereocenters. The molecule has 2 aliphatic rings. The molecule has 1 aromatic carbocycles. The third-order valence-corrected chi connectivity index (χ3v) is 5.08. The largest absolute Gasteiger partial charge is 0.444 e. The van der Waals surface area contributed by atoms with E-state index in [0.29, 0.717) is 19.5 Å². The summed E-state index contributed by atoms with van der Waals surface area (Å²) in [4.78, 5) is 26.4. The molecule has 3 rings (SSSR count). The zero-order chi connectivity index (χ0) is 17.4. The van der Waals surface area contributed by atoms with Crippen molar-refractivity contribution in [2.75, 3.05) is 13.1 Å². The van der Waals surface area contributed by atoms with E-state index >= 15 is 0 Å². The Morgan fingerprint density at radius 1 is 1.25 bits per heavy atom. The van der Waals surface area contributed by atoms with Gasteiger partial charge in [0.05, 0.1) is 6.04 Å². The number of amides is 2. The first-order chi connectivity index (χ1) is 11.3. The smallest absolute Gasteiger partial charge is 0.410 e. The fourth-order valence-electron chi connectivity index (χ4n) is 3.96. The molecule has 2 aliphatic heterocycles. The molecule has 2 fully saturated rings. The van der Waals surface area contributed by atoms with E-state index in [2.05, 4.69) is 17.4 Å². The summed E-state index contributed by atoms with van der Waals surface area (Å²) >= 11 is 0. The molecule has 24 heavy (non-hydrogen) atoms. The van der Waals surface area contributed by atoms with E-state index < -0.39 is 5.60 Å². The van der Waals surface area contributed by atoms with Crippen LogP contribution in [0.3, 0.4) is 0 Å². The predicted molar refractivity (Wildman–Crippen MR) is 91.7 cm³/mol. The van der Waals surface area contributed by atoms with Gasteiger partial charge in [-0.25, -0.2) is 4.79 Å². The lowest BCUT2D eigenvalue weighted by atomic mass is 9.71. The van der Waals surface area contributed by atoms with Gasteiger partial charge in [-0.15, -0.1) is 0 Å². The number of rotatable bonds is 1. The molecular formula is C19H26N2O3. The van der Waals surface area contributed by atoms with E-state index in [1.165, 1.54) is 5.56 Å². The van der Waals surface area contributed by atoms with Crippen molar-refractivity contribution in [2.45, 2.75) is 57.1 Å². The lowest BCUT2D eigenvalue weighted by molar-refractivity contribution is -0.120. The highest BCUT2D eigenvalue weighted by Gasteiger charge is 2.51. The first-order valence-electron chi connectivity index (χ1n) is 8.64. The zero-order valence-electron chi connectivity index (χ0n) is 14.7. The summed E-state index contributed by atoms with van der Waals surface area (Å²) in [6, 6.07) is 10.2. The van der Waals surface area contributed by atoms with Crippen molar-refractivity contribution >= 4 is 12.0 Å². The lowest BCUT2D eigenvalue weighted by Crippen LogP contribution is -2.50. The van der Waals surface area contributed by atoms with Crippen LogP contribution in [0.4, 0.5) is 4.79 Å². The van der Waals surface area contributed by atoms with Crippen molar-refractivity contribution in [3.05, 3.63) is 35.9 Å². The second kappa shape index (κ2) is 6.11. The summed E-state index contributed by atoms with van der Waals surface area (Å²) in [5, 5.41) is 2.97. The quantitative estimate of drug-likeness (QED) is 0.861. The average molecular weight is 330 g/mol. The Hall–Kier alpha value is -2.04. The van der Waals surface area contributed by atoms with Crippen molar-refractivity contribution in [1.82, 2.24) is 10.2 Å².